The molecule has 0 bridgehead atoms. The lowest BCUT2D eigenvalue weighted by Crippen LogP contribution is -2.38. The van der Waals surface area contributed by atoms with Gasteiger partial charge in [-0.1, -0.05) is 6.92 Å². The van der Waals surface area contributed by atoms with Gasteiger partial charge in [-0.25, -0.2) is 9.78 Å². The van der Waals surface area contributed by atoms with E-state index in [-0.39, 0.29) is 5.69 Å². The van der Waals surface area contributed by atoms with Crippen molar-refractivity contribution >= 4 is 11.8 Å². The van der Waals surface area contributed by atoms with Crippen LogP contribution >= 0.6 is 0 Å². The summed E-state index contributed by atoms with van der Waals surface area (Å²) in [6, 6.07) is 0.294. The summed E-state index contributed by atoms with van der Waals surface area (Å²) in [6.07, 6.45) is 1.01. The lowest BCUT2D eigenvalue weighted by atomic mass is 9.94. The van der Waals surface area contributed by atoms with Crippen molar-refractivity contribution in [2.75, 3.05) is 33.0 Å². The highest BCUT2D eigenvalue weighted by molar-refractivity contribution is 5.92. The third-order valence-electron chi connectivity index (χ3n) is 3.90. The van der Waals surface area contributed by atoms with Crippen molar-refractivity contribution in [3.63, 3.8) is 0 Å². The fraction of sp³-hybridized carbons (Fsp3) is 0.692. The van der Waals surface area contributed by atoms with Crippen LogP contribution in [0.4, 0.5) is 5.82 Å². The number of carbonyl (C=O) groups excluding carboxylic acids is 1. The van der Waals surface area contributed by atoms with Gasteiger partial charge in [0.1, 0.15) is 11.6 Å². The van der Waals surface area contributed by atoms with Gasteiger partial charge in [0.2, 0.25) is 0 Å². The fourth-order valence-electron chi connectivity index (χ4n) is 2.95. The number of ether oxygens (including phenoxy) is 1. The summed E-state index contributed by atoms with van der Waals surface area (Å²) in [4.78, 5) is 18.2. The van der Waals surface area contributed by atoms with E-state index in [4.69, 9.17) is 10.5 Å². The Morgan fingerprint density at radius 2 is 2.21 bits per heavy atom. The van der Waals surface area contributed by atoms with Crippen LogP contribution in [0.5, 0.6) is 0 Å². The summed E-state index contributed by atoms with van der Waals surface area (Å²) >= 11 is 0. The molecule has 1 aromatic heterocycles. The summed E-state index contributed by atoms with van der Waals surface area (Å²) < 4.78 is 6.70. The molecule has 0 spiro atoms. The second kappa shape index (κ2) is 5.21. The van der Waals surface area contributed by atoms with Crippen LogP contribution in [0.25, 0.3) is 0 Å². The molecule has 2 unspecified atom stereocenters. The maximum absolute atomic E-state index is 11.6. The van der Waals surface area contributed by atoms with Gasteiger partial charge < -0.3 is 19.9 Å². The minimum atomic E-state index is -0.472. The Hall–Kier alpha value is -1.56. The minimum absolute atomic E-state index is 0.228. The van der Waals surface area contributed by atoms with Crippen LogP contribution < -0.4 is 5.73 Å². The molecule has 19 heavy (non-hydrogen) atoms. The third-order valence-corrected chi connectivity index (χ3v) is 3.90. The zero-order valence-corrected chi connectivity index (χ0v) is 12.0. The molecule has 2 atom stereocenters. The van der Waals surface area contributed by atoms with Crippen molar-refractivity contribution in [2.24, 2.45) is 5.92 Å². The van der Waals surface area contributed by atoms with Gasteiger partial charge in [0.25, 0.3) is 0 Å². The minimum Gasteiger partial charge on any atom is -0.464 e. The second-order valence-electron chi connectivity index (χ2n) is 5.35. The lowest BCUT2D eigenvalue weighted by Gasteiger charge is -2.36. The number of aromatic nitrogens is 2. The van der Waals surface area contributed by atoms with E-state index in [1.165, 1.54) is 7.11 Å². The molecule has 1 saturated heterocycles. The van der Waals surface area contributed by atoms with Crippen LogP contribution in [0, 0.1) is 12.8 Å². The van der Waals surface area contributed by atoms with E-state index in [9.17, 15) is 4.79 Å². The summed E-state index contributed by atoms with van der Waals surface area (Å²) in [7, 11) is 3.46. The number of piperidine rings is 1. The smallest absolute Gasteiger partial charge is 0.360 e. The zero-order valence-electron chi connectivity index (χ0n) is 12.0. The first kappa shape index (κ1) is 13.9. The van der Waals surface area contributed by atoms with Crippen LogP contribution in [-0.4, -0.2) is 47.7 Å². The predicted octanol–water partition coefficient (Wildman–Crippen LogP) is 1.07. The number of methoxy groups -OCH3 is 1. The maximum Gasteiger partial charge on any atom is 0.360 e. The molecule has 2 rings (SSSR count). The standard InChI is InChI=1S/C13H22N4O2/c1-8-7-16(3)6-5-10(8)17-9(2)15-11(12(17)14)13(18)19-4/h8,10H,5-7,14H2,1-4H3. The topological polar surface area (TPSA) is 73.4 Å². The van der Waals surface area contributed by atoms with Crippen LogP contribution in [0.2, 0.25) is 0 Å². The molecule has 0 radical (unpaired) electrons. The number of rotatable bonds is 2. The van der Waals surface area contributed by atoms with Crippen LogP contribution in [-0.2, 0) is 4.74 Å². The number of hydrogen-bond donors (Lipinski definition) is 1. The van der Waals surface area contributed by atoms with Gasteiger partial charge in [-0.2, -0.15) is 0 Å². The number of anilines is 1. The van der Waals surface area contributed by atoms with E-state index in [1.54, 1.807) is 0 Å². The summed E-state index contributed by atoms with van der Waals surface area (Å²) in [5.74, 6) is 1.20. The summed E-state index contributed by atoms with van der Waals surface area (Å²) in [5.41, 5.74) is 6.32. The van der Waals surface area contributed by atoms with Crippen molar-refractivity contribution < 1.29 is 9.53 Å². The highest BCUT2D eigenvalue weighted by atomic mass is 16.5. The normalized spacial score (nSPS) is 24.4. The summed E-state index contributed by atoms with van der Waals surface area (Å²) in [5, 5.41) is 0. The summed E-state index contributed by atoms with van der Waals surface area (Å²) in [6.45, 7) is 6.14. The van der Waals surface area contributed by atoms with E-state index in [0.717, 1.165) is 25.3 Å². The molecule has 2 N–H and O–H groups in total. The molecule has 1 fully saturated rings. The van der Waals surface area contributed by atoms with E-state index in [1.807, 2.05) is 11.5 Å². The quantitative estimate of drug-likeness (QED) is 0.811. The van der Waals surface area contributed by atoms with Crippen LogP contribution in [0.3, 0.4) is 0 Å². The third kappa shape index (κ3) is 2.45. The monoisotopic (exact) mass is 266 g/mol. The van der Waals surface area contributed by atoms with Gasteiger partial charge in [-0.15, -0.1) is 0 Å². The van der Waals surface area contributed by atoms with Gasteiger partial charge in [-0.3, -0.25) is 0 Å². The highest BCUT2D eigenvalue weighted by Gasteiger charge is 2.30. The number of esters is 1. The second-order valence-corrected chi connectivity index (χ2v) is 5.35. The maximum atomic E-state index is 11.6. The van der Waals surface area contributed by atoms with E-state index < -0.39 is 5.97 Å². The number of aryl methyl sites for hydroxylation is 1. The molecule has 1 aliphatic rings. The van der Waals surface area contributed by atoms with Gasteiger partial charge in [0.05, 0.1) is 7.11 Å². The Labute approximate surface area is 113 Å². The Morgan fingerprint density at radius 3 is 2.79 bits per heavy atom. The zero-order chi connectivity index (χ0) is 14.2. The molecule has 2 heterocycles. The van der Waals surface area contributed by atoms with E-state index in [2.05, 4.69) is 23.9 Å². The molecule has 6 heteroatoms. The highest BCUT2D eigenvalue weighted by Crippen LogP contribution is 2.32. The van der Waals surface area contributed by atoms with E-state index >= 15 is 0 Å². The Bertz CT molecular complexity index is 483. The molecular formula is C13H22N4O2. The lowest BCUT2D eigenvalue weighted by molar-refractivity contribution is 0.0595. The van der Waals surface area contributed by atoms with Gasteiger partial charge in [-0.05, 0) is 32.9 Å². The van der Waals surface area contributed by atoms with Gasteiger partial charge in [0, 0.05) is 12.6 Å². The molecule has 0 saturated carbocycles. The number of carbonyl (C=O) groups is 1. The van der Waals surface area contributed by atoms with Crippen molar-refractivity contribution in [2.45, 2.75) is 26.3 Å². The van der Waals surface area contributed by atoms with Gasteiger partial charge in [0.15, 0.2) is 5.69 Å². The van der Waals surface area contributed by atoms with Crippen LogP contribution in [0.15, 0.2) is 0 Å². The first-order valence-corrected chi connectivity index (χ1v) is 6.56. The van der Waals surface area contributed by atoms with Gasteiger partial charge >= 0.3 is 5.97 Å². The molecule has 1 aromatic rings. The molecule has 106 valence electrons. The predicted molar refractivity (Wildman–Crippen MR) is 73.0 cm³/mol. The van der Waals surface area contributed by atoms with E-state index in [0.29, 0.717) is 17.8 Å². The average Bonchev–Trinajstić information content (AvgIpc) is 2.65. The molecule has 1 aliphatic heterocycles. The van der Waals surface area contributed by atoms with Crippen molar-refractivity contribution in [3.05, 3.63) is 11.5 Å². The Morgan fingerprint density at radius 1 is 1.53 bits per heavy atom. The number of hydrogen-bond acceptors (Lipinski definition) is 5. The van der Waals surface area contributed by atoms with Crippen molar-refractivity contribution in [1.29, 1.82) is 0 Å². The molecule has 6 nitrogen and oxygen atoms in total. The largest absolute Gasteiger partial charge is 0.464 e. The Balaban J connectivity index is 2.35. The number of imidazole rings is 1. The first-order valence-electron chi connectivity index (χ1n) is 6.56. The first-order chi connectivity index (χ1) is 8.95. The number of nitrogens with zero attached hydrogens (tertiary/aromatic N) is 3. The average molecular weight is 266 g/mol. The van der Waals surface area contributed by atoms with Crippen LogP contribution in [0.1, 0.15) is 35.7 Å². The molecular weight excluding hydrogens is 244 g/mol. The van der Waals surface area contributed by atoms with Crippen molar-refractivity contribution in [3.8, 4) is 0 Å². The number of nitrogen functional groups attached to an aromatic ring is 1. The molecule has 0 aromatic carbocycles. The fourth-order valence-corrected chi connectivity index (χ4v) is 2.95. The molecule has 0 aliphatic carbocycles. The Kier molecular flexibility index (Phi) is 3.80. The SMILES string of the molecule is COC(=O)c1nc(C)n(C2CCN(C)CC2C)c1N. The molecule has 0 amide bonds. The number of likely N-dealkylation sites (tertiary alicyclic amines) is 1. The van der Waals surface area contributed by atoms with Crippen molar-refractivity contribution in [1.82, 2.24) is 14.5 Å². The number of nitrogens with two attached hydrogens (primary N) is 1.